The molecule has 1 amide bonds. The Morgan fingerprint density at radius 1 is 1.22 bits per heavy atom. The number of carbonyl (C=O) groups excluding carboxylic acids is 1. The lowest BCUT2D eigenvalue weighted by Gasteiger charge is -2.24. The predicted octanol–water partition coefficient (Wildman–Crippen LogP) is 3.83. The van der Waals surface area contributed by atoms with Gasteiger partial charge >= 0.3 is 0 Å². The highest BCUT2D eigenvalue weighted by Gasteiger charge is 2.27. The van der Waals surface area contributed by atoms with E-state index in [2.05, 4.69) is 27.4 Å². The molecule has 1 aromatic carbocycles. The topological polar surface area (TPSA) is 54.9 Å². The van der Waals surface area contributed by atoms with Gasteiger partial charge < -0.3 is 5.32 Å². The van der Waals surface area contributed by atoms with Gasteiger partial charge in [0.25, 0.3) is 5.91 Å². The zero-order valence-corrected chi connectivity index (χ0v) is 13.7. The molecule has 1 aliphatic rings. The van der Waals surface area contributed by atoms with E-state index in [0.717, 1.165) is 5.02 Å². The van der Waals surface area contributed by atoms with Crippen LogP contribution in [0.1, 0.15) is 47.7 Å². The van der Waals surface area contributed by atoms with Crippen LogP contribution in [0.4, 0.5) is 0 Å². The largest absolute Gasteiger partial charge is 0.350 e. The first-order valence-electron chi connectivity index (χ1n) is 8.03. The van der Waals surface area contributed by atoms with Gasteiger partial charge in [-0.3, -0.25) is 9.78 Å². The Bertz CT molecular complexity index is 639. The number of benzene rings is 1. The predicted molar refractivity (Wildman–Crippen MR) is 90.5 cm³/mol. The van der Waals surface area contributed by atoms with Crippen molar-refractivity contribution in [3.8, 4) is 0 Å². The van der Waals surface area contributed by atoms with Crippen LogP contribution in [0.5, 0.6) is 0 Å². The highest BCUT2D eigenvalue weighted by molar-refractivity contribution is 6.30. The molecule has 5 heteroatoms. The zero-order chi connectivity index (χ0) is 16.1. The summed E-state index contributed by atoms with van der Waals surface area (Å²) in [6.07, 6.45) is 9.55. The van der Waals surface area contributed by atoms with Crippen LogP contribution < -0.4 is 5.32 Å². The van der Waals surface area contributed by atoms with Gasteiger partial charge in [-0.2, -0.15) is 0 Å². The minimum absolute atomic E-state index is 0.171. The highest BCUT2D eigenvalue weighted by Crippen LogP contribution is 2.37. The summed E-state index contributed by atoms with van der Waals surface area (Å²) >= 11 is 6.00. The maximum atomic E-state index is 12.2. The van der Waals surface area contributed by atoms with Crippen LogP contribution in [0, 0.1) is 5.92 Å². The third kappa shape index (κ3) is 4.08. The minimum atomic E-state index is -0.171. The van der Waals surface area contributed by atoms with E-state index in [1.165, 1.54) is 43.6 Å². The molecule has 1 heterocycles. The van der Waals surface area contributed by atoms with Gasteiger partial charge in [-0.1, -0.05) is 36.6 Å². The summed E-state index contributed by atoms with van der Waals surface area (Å²) in [6.45, 7) is 0.613. The van der Waals surface area contributed by atoms with E-state index in [4.69, 9.17) is 11.6 Å². The molecule has 23 heavy (non-hydrogen) atoms. The van der Waals surface area contributed by atoms with Gasteiger partial charge in [-0.15, -0.1) is 0 Å². The molecule has 1 fully saturated rings. The summed E-state index contributed by atoms with van der Waals surface area (Å²) in [6, 6.07) is 7.98. The Kier molecular flexibility index (Phi) is 5.23. The second-order valence-electron chi connectivity index (χ2n) is 6.00. The molecule has 0 saturated heterocycles. The highest BCUT2D eigenvalue weighted by atomic mass is 35.5. The summed E-state index contributed by atoms with van der Waals surface area (Å²) in [7, 11) is 0. The fraction of sp³-hybridized carbons (Fsp3) is 0.389. The summed E-state index contributed by atoms with van der Waals surface area (Å²) in [5.74, 6) is 0.754. The maximum Gasteiger partial charge on any atom is 0.271 e. The number of halogens is 1. The molecule has 1 atom stereocenters. The first kappa shape index (κ1) is 15.9. The number of carbonyl (C=O) groups is 1. The molecule has 0 spiro atoms. The summed E-state index contributed by atoms with van der Waals surface area (Å²) in [5, 5.41) is 3.75. The molecule has 2 aromatic rings. The first-order valence-corrected chi connectivity index (χ1v) is 8.41. The van der Waals surface area contributed by atoms with Crippen LogP contribution in [0.3, 0.4) is 0 Å². The van der Waals surface area contributed by atoms with E-state index >= 15 is 0 Å². The molecule has 0 bridgehead atoms. The smallest absolute Gasteiger partial charge is 0.271 e. The van der Waals surface area contributed by atoms with Crippen LogP contribution >= 0.6 is 11.6 Å². The third-order valence-corrected chi connectivity index (χ3v) is 4.80. The molecule has 0 radical (unpaired) electrons. The molecule has 0 aliphatic heterocycles. The van der Waals surface area contributed by atoms with Gasteiger partial charge in [0.15, 0.2) is 0 Å². The van der Waals surface area contributed by atoms with E-state index in [1.54, 1.807) is 6.20 Å². The van der Waals surface area contributed by atoms with Crippen molar-refractivity contribution < 1.29 is 4.79 Å². The van der Waals surface area contributed by atoms with Crippen molar-refractivity contribution in [1.29, 1.82) is 0 Å². The monoisotopic (exact) mass is 329 g/mol. The number of hydrogen-bond acceptors (Lipinski definition) is 3. The zero-order valence-electron chi connectivity index (χ0n) is 12.9. The average Bonchev–Trinajstić information content (AvgIpc) is 3.11. The molecule has 1 aliphatic carbocycles. The van der Waals surface area contributed by atoms with Crippen molar-refractivity contribution in [3.05, 3.63) is 59.1 Å². The maximum absolute atomic E-state index is 12.2. The number of rotatable bonds is 5. The Morgan fingerprint density at radius 3 is 2.61 bits per heavy atom. The lowest BCUT2D eigenvalue weighted by atomic mass is 9.85. The number of nitrogens with zero attached hydrogens (tertiary/aromatic N) is 2. The van der Waals surface area contributed by atoms with Gasteiger partial charge in [0, 0.05) is 29.9 Å². The van der Waals surface area contributed by atoms with E-state index in [-0.39, 0.29) is 5.91 Å². The van der Waals surface area contributed by atoms with Gasteiger partial charge in [0.05, 0.1) is 6.20 Å². The van der Waals surface area contributed by atoms with E-state index in [0.29, 0.717) is 24.1 Å². The van der Waals surface area contributed by atoms with Gasteiger partial charge in [0.2, 0.25) is 0 Å². The molecule has 1 saturated carbocycles. The lowest BCUT2D eigenvalue weighted by molar-refractivity contribution is 0.0943. The Morgan fingerprint density at radius 2 is 1.96 bits per heavy atom. The van der Waals surface area contributed by atoms with Crippen LogP contribution in [0.15, 0.2) is 42.9 Å². The molecule has 1 N–H and O–H groups in total. The number of hydrogen-bond donors (Lipinski definition) is 1. The Balaban J connectivity index is 1.71. The lowest BCUT2D eigenvalue weighted by Crippen LogP contribution is -2.31. The van der Waals surface area contributed by atoms with E-state index in [1.807, 2.05) is 12.1 Å². The molecule has 3 rings (SSSR count). The van der Waals surface area contributed by atoms with Gasteiger partial charge in [0.1, 0.15) is 5.69 Å². The Labute approximate surface area is 141 Å². The van der Waals surface area contributed by atoms with Crippen molar-refractivity contribution >= 4 is 17.5 Å². The average molecular weight is 330 g/mol. The summed E-state index contributed by atoms with van der Waals surface area (Å²) in [4.78, 5) is 20.2. The molecule has 4 nitrogen and oxygen atoms in total. The van der Waals surface area contributed by atoms with Crippen molar-refractivity contribution in [2.75, 3.05) is 6.54 Å². The quantitative estimate of drug-likeness (QED) is 0.906. The fourth-order valence-electron chi connectivity index (χ4n) is 3.34. The summed E-state index contributed by atoms with van der Waals surface area (Å²) in [5.41, 5.74) is 1.59. The molecular weight excluding hydrogens is 310 g/mol. The van der Waals surface area contributed by atoms with Crippen LogP contribution in [-0.4, -0.2) is 22.4 Å². The van der Waals surface area contributed by atoms with E-state index < -0.39 is 0 Å². The van der Waals surface area contributed by atoms with Gasteiger partial charge in [-0.25, -0.2) is 4.98 Å². The second kappa shape index (κ2) is 7.55. The number of aromatic nitrogens is 2. The first-order chi connectivity index (χ1) is 11.2. The SMILES string of the molecule is O=C(NCC(c1ccc(Cl)cc1)C1CCCC1)c1cnccn1. The summed E-state index contributed by atoms with van der Waals surface area (Å²) < 4.78 is 0. The molecule has 1 unspecified atom stereocenters. The molecular formula is C18H20ClN3O. The number of amides is 1. The van der Waals surface area contributed by atoms with Gasteiger partial charge in [-0.05, 0) is 36.5 Å². The van der Waals surface area contributed by atoms with Crippen molar-refractivity contribution in [3.63, 3.8) is 0 Å². The van der Waals surface area contributed by atoms with Crippen molar-refractivity contribution in [2.24, 2.45) is 5.92 Å². The van der Waals surface area contributed by atoms with Crippen molar-refractivity contribution in [2.45, 2.75) is 31.6 Å². The minimum Gasteiger partial charge on any atom is -0.350 e. The van der Waals surface area contributed by atoms with Crippen LogP contribution in [0.25, 0.3) is 0 Å². The van der Waals surface area contributed by atoms with Crippen LogP contribution in [-0.2, 0) is 0 Å². The third-order valence-electron chi connectivity index (χ3n) is 4.55. The van der Waals surface area contributed by atoms with Crippen LogP contribution in [0.2, 0.25) is 5.02 Å². The van der Waals surface area contributed by atoms with E-state index in [9.17, 15) is 4.79 Å². The molecule has 120 valence electrons. The van der Waals surface area contributed by atoms with Crippen molar-refractivity contribution in [1.82, 2.24) is 15.3 Å². The standard InChI is InChI=1S/C18H20ClN3O/c19-15-7-5-14(6-8-15)16(13-3-1-2-4-13)11-22-18(23)17-12-20-9-10-21-17/h5-10,12-13,16H,1-4,11H2,(H,22,23). The molecule has 1 aromatic heterocycles. The second-order valence-corrected chi connectivity index (χ2v) is 6.44. The Hall–Kier alpha value is -1.94. The fourth-order valence-corrected chi connectivity index (χ4v) is 3.46. The number of nitrogens with one attached hydrogen (secondary N) is 1. The normalized spacial score (nSPS) is 16.2.